The van der Waals surface area contributed by atoms with Crippen LogP contribution in [-0.4, -0.2) is 42.3 Å². The molecular formula is C13H22N2O5. The molecule has 0 aromatic carbocycles. The lowest BCUT2D eigenvalue weighted by Gasteiger charge is -2.19. The van der Waals surface area contributed by atoms with E-state index in [1.54, 1.807) is 0 Å². The quantitative estimate of drug-likeness (QED) is 0.574. The third-order valence-corrected chi connectivity index (χ3v) is 3.34. The van der Waals surface area contributed by atoms with Crippen molar-refractivity contribution in [2.24, 2.45) is 5.92 Å². The Morgan fingerprint density at radius 2 is 1.95 bits per heavy atom. The number of amides is 2. The molecule has 0 aromatic heterocycles. The lowest BCUT2D eigenvalue weighted by Crippen LogP contribution is -2.49. The molecule has 114 valence electrons. The Morgan fingerprint density at radius 3 is 2.40 bits per heavy atom. The fourth-order valence-electron chi connectivity index (χ4n) is 1.92. The van der Waals surface area contributed by atoms with Crippen molar-refractivity contribution in [3.63, 3.8) is 0 Å². The van der Waals surface area contributed by atoms with Crippen LogP contribution in [0.4, 0.5) is 4.79 Å². The Morgan fingerprint density at radius 1 is 1.30 bits per heavy atom. The van der Waals surface area contributed by atoms with E-state index in [-0.39, 0.29) is 6.04 Å². The van der Waals surface area contributed by atoms with Crippen LogP contribution < -0.4 is 10.6 Å². The zero-order valence-corrected chi connectivity index (χ0v) is 11.8. The molecule has 0 aliphatic heterocycles. The Hall–Kier alpha value is -1.79. The van der Waals surface area contributed by atoms with E-state index < -0.39 is 30.4 Å². The average molecular weight is 286 g/mol. The molecule has 0 aromatic rings. The lowest BCUT2D eigenvalue weighted by atomic mass is 10.1. The van der Waals surface area contributed by atoms with Crippen molar-refractivity contribution in [2.45, 2.75) is 51.1 Å². The van der Waals surface area contributed by atoms with Gasteiger partial charge < -0.3 is 20.5 Å². The predicted octanol–water partition coefficient (Wildman–Crippen LogP) is 0.881. The van der Waals surface area contributed by atoms with E-state index in [4.69, 9.17) is 5.11 Å². The van der Waals surface area contributed by atoms with Gasteiger partial charge in [-0.25, -0.2) is 9.59 Å². The third-order valence-electron chi connectivity index (χ3n) is 3.34. The number of rotatable bonds is 8. The van der Waals surface area contributed by atoms with E-state index in [0.717, 1.165) is 12.8 Å². The second-order valence-corrected chi connectivity index (χ2v) is 5.07. The molecule has 0 radical (unpaired) electrons. The van der Waals surface area contributed by atoms with Crippen molar-refractivity contribution in [3.8, 4) is 0 Å². The maximum atomic E-state index is 11.8. The fraction of sp³-hybridized carbons (Fsp3) is 0.769. The van der Waals surface area contributed by atoms with E-state index in [2.05, 4.69) is 15.4 Å². The number of nitrogens with one attached hydrogen (secondary N) is 2. The molecule has 3 N–H and O–H groups in total. The highest BCUT2D eigenvalue weighted by Crippen LogP contribution is 2.33. The number of esters is 1. The molecule has 7 heteroatoms. The van der Waals surface area contributed by atoms with Gasteiger partial charge in [0.25, 0.3) is 0 Å². The van der Waals surface area contributed by atoms with Crippen LogP contribution in [0, 0.1) is 5.92 Å². The van der Waals surface area contributed by atoms with Crippen LogP contribution in [0.3, 0.4) is 0 Å². The molecular weight excluding hydrogens is 264 g/mol. The largest absolute Gasteiger partial charge is 0.480 e. The molecule has 2 amide bonds. The Kier molecular flexibility index (Phi) is 6.27. The first-order chi connectivity index (χ1) is 9.46. The van der Waals surface area contributed by atoms with Gasteiger partial charge in [-0.3, -0.25) is 4.79 Å². The summed E-state index contributed by atoms with van der Waals surface area (Å²) in [6.07, 6.45) is 3.70. The molecule has 2 atom stereocenters. The zero-order chi connectivity index (χ0) is 15.1. The molecule has 1 aliphatic rings. The maximum absolute atomic E-state index is 11.8. The summed E-state index contributed by atoms with van der Waals surface area (Å²) in [5, 5.41) is 14.0. The van der Waals surface area contributed by atoms with Crippen LogP contribution in [0.1, 0.15) is 39.0 Å². The number of ether oxygens (including phenoxy) is 1. The maximum Gasteiger partial charge on any atom is 0.326 e. The minimum Gasteiger partial charge on any atom is -0.480 e. The first-order valence-electron chi connectivity index (χ1n) is 6.82. The van der Waals surface area contributed by atoms with Gasteiger partial charge in [-0.2, -0.15) is 0 Å². The minimum absolute atomic E-state index is 0.0371. The van der Waals surface area contributed by atoms with Crippen LogP contribution in [0.15, 0.2) is 0 Å². The van der Waals surface area contributed by atoms with Crippen LogP contribution in [0.25, 0.3) is 0 Å². The van der Waals surface area contributed by atoms with E-state index in [1.807, 2.05) is 6.92 Å². The number of methoxy groups -OCH3 is 1. The highest BCUT2D eigenvalue weighted by Gasteiger charge is 2.27. The average Bonchev–Trinajstić information content (AvgIpc) is 3.20. The summed E-state index contributed by atoms with van der Waals surface area (Å²) >= 11 is 0. The number of aliphatic carboxylic acids is 1. The zero-order valence-electron chi connectivity index (χ0n) is 11.8. The van der Waals surface area contributed by atoms with E-state index in [1.165, 1.54) is 20.0 Å². The van der Waals surface area contributed by atoms with Gasteiger partial charge in [0.1, 0.15) is 6.04 Å². The van der Waals surface area contributed by atoms with Crippen molar-refractivity contribution in [1.82, 2.24) is 10.6 Å². The summed E-state index contributed by atoms with van der Waals surface area (Å²) < 4.78 is 4.40. The normalized spacial score (nSPS) is 16.9. The Bertz CT molecular complexity index is 368. The van der Waals surface area contributed by atoms with Gasteiger partial charge in [0.15, 0.2) is 0 Å². The number of carbonyl (C=O) groups is 3. The summed E-state index contributed by atoms with van der Waals surface area (Å²) in [6, 6.07) is -1.80. The van der Waals surface area contributed by atoms with Gasteiger partial charge in [-0.1, -0.05) is 19.8 Å². The molecule has 1 unspecified atom stereocenters. The van der Waals surface area contributed by atoms with Crippen molar-refractivity contribution in [2.75, 3.05) is 7.11 Å². The smallest absolute Gasteiger partial charge is 0.326 e. The second kappa shape index (κ2) is 7.72. The monoisotopic (exact) mass is 286 g/mol. The summed E-state index contributed by atoms with van der Waals surface area (Å²) in [6.45, 7) is 1.97. The van der Waals surface area contributed by atoms with Gasteiger partial charge in [0.05, 0.1) is 13.5 Å². The van der Waals surface area contributed by atoms with Crippen LogP contribution in [0.5, 0.6) is 0 Å². The number of carboxylic acids is 1. The van der Waals surface area contributed by atoms with Crippen molar-refractivity contribution in [1.29, 1.82) is 0 Å². The predicted molar refractivity (Wildman–Crippen MR) is 71.1 cm³/mol. The number of hydrogen-bond donors (Lipinski definition) is 3. The molecule has 1 fully saturated rings. The first-order valence-corrected chi connectivity index (χ1v) is 6.82. The standard InChI is InChI=1S/C13H22N2O5/c1-3-9(6-8-4-5-8)14-13(19)15-10(12(17)18)7-11(16)20-2/h8-10H,3-7H2,1-2H3,(H,17,18)(H2,14,15,19)/t9?,10-/m0/s1. The third kappa shape index (κ3) is 5.90. The molecule has 0 heterocycles. The minimum atomic E-state index is -1.28. The van der Waals surface area contributed by atoms with Gasteiger partial charge in [-0.15, -0.1) is 0 Å². The lowest BCUT2D eigenvalue weighted by molar-refractivity contribution is -0.147. The number of hydrogen-bond acceptors (Lipinski definition) is 4. The highest BCUT2D eigenvalue weighted by molar-refractivity contribution is 5.86. The van der Waals surface area contributed by atoms with E-state index >= 15 is 0 Å². The topological polar surface area (TPSA) is 105 Å². The number of carbonyl (C=O) groups excluding carboxylic acids is 2. The molecule has 7 nitrogen and oxygen atoms in total. The summed E-state index contributed by atoms with van der Waals surface area (Å²) in [5.74, 6) is -1.27. The van der Waals surface area contributed by atoms with E-state index in [9.17, 15) is 14.4 Å². The summed E-state index contributed by atoms with van der Waals surface area (Å²) in [7, 11) is 1.17. The molecule has 1 saturated carbocycles. The molecule has 1 rings (SSSR count). The SMILES string of the molecule is CCC(CC1CC1)NC(=O)N[C@@H](CC(=O)OC)C(=O)O. The van der Waals surface area contributed by atoms with Crippen LogP contribution >= 0.6 is 0 Å². The van der Waals surface area contributed by atoms with Gasteiger partial charge in [-0.05, 0) is 18.8 Å². The highest BCUT2D eigenvalue weighted by atomic mass is 16.5. The summed E-state index contributed by atoms with van der Waals surface area (Å²) in [5.41, 5.74) is 0. The van der Waals surface area contributed by atoms with Gasteiger partial charge >= 0.3 is 18.0 Å². The van der Waals surface area contributed by atoms with Crippen LogP contribution in [0.2, 0.25) is 0 Å². The van der Waals surface area contributed by atoms with Crippen LogP contribution in [-0.2, 0) is 14.3 Å². The van der Waals surface area contributed by atoms with E-state index in [0.29, 0.717) is 5.92 Å². The second-order valence-electron chi connectivity index (χ2n) is 5.07. The number of carboxylic acid groups (broad SMARTS) is 1. The Balaban J connectivity index is 2.43. The first kappa shape index (κ1) is 16.3. The molecule has 0 spiro atoms. The van der Waals surface area contributed by atoms with Crippen molar-refractivity contribution < 1.29 is 24.2 Å². The number of urea groups is 1. The summed E-state index contributed by atoms with van der Waals surface area (Å²) in [4.78, 5) is 33.8. The molecule has 20 heavy (non-hydrogen) atoms. The molecule has 0 bridgehead atoms. The molecule has 0 saturated heterocycles. The fourth-order valence-corrected chi connectivity index (χ4v) is 1.92. The Labute approximate surface area is 118 Å². The van der Waals surface area contributed by atoms with Gasteiger partial charge in [0.2, 0.25) is 0 Å². The van der Waals surface area contributed by atoms with Crippen molar-refractivity contribution >= 4 is 18.0 Å². The van der Waals surface area contributed by atoms with Gasteiger partial charge in [0, 0.05) is 6.04 Å². The van der Waals surface area contributed by atoms with Crippen molar-refractivity contribution in [3.05, 3.63) is 0 Å². The molecule has 1 aliphatic carbocycles.